The van der Waals surface area contributed by atoms with Crippen LogP contribution in [0.3, 0.4) is 0 Å². The maximum Gasteiger partial charge on any atom is 0.339 e. The van der Waals surface area contributed by atoms with E-state index in [0.717, 1.165) is 82.9 Å². The smallest absolute Gasteiger partial charge is 0.339 e. The first-order chi connectivity index (χ1) is 37.7. The average molecular weight is 1130 g/mol. The molecule has 6 aliphatic rings. The Morgan fingerprint density at radius 3 is 1.88 bits per heavy atom. The molecule has 1 heterocycles. The molecule has 4 saturated carbocycles. The Morgan fingerprint density at radius 2 is 1.29 bits per heavy atom. The zero-order valence-corrected chi connectivity index (χ0v) is 49.6. The molecule has 0 N–H and O–H groups in total. The molecule has 0 aromatic heterocycles. The number of esters is 6. The molecular weight excluding hydrogens is 1040 g/mol. The second-order valence-corrected chi connectivity index (χ2v) is 26.6. The highest BCUT2D eigenvalue weighted by molar-refractivity contribution is 7.99. The normalized spacial score (nSPS) is 35.0. The quantitative estimate of drug-likeness (QED) is 0.113. The second-order valence-electron chi connectivity index (χ2n) is 25.4. The maximum absolute atomic E-state index is 15.6. The van der Waals surface area contributed by atoms with Gasteiger partial charge in [-0.25, -0.2) is 4.79 Å². The van der Waals surface area contributed by atoms with Crippen molar-refractivity contribution in [3.63, 3.8) is 0 Å². The molecule has 436 valence electrons. The number of carbonyl (C=O) groups excluding carboxylic acids is 8. The maximum atomic E-state index is 15.6. The summed E-state index contributed by atoms with van der Waals surface area (Å²) >= 11 is 1.12. The number of ether oxygens (including phenoxy) is 7. The molecule has 5 aliphatic carbocycles. The van der Waals surface area contributed by atoms with Gasteiger partial charge in [0, 0.05) is 51.4 Å². The molecule has 16 nitrogen and oxygen atoms in total. The number of carbonyl (C=O) groups is 8. The highest BCUT2D eigenvalue weighted by Crippen LogP contribution is 2.75. The van der Waals surface area contributed by atoms with Crippen LogP contribution in [0.5, 0.6) is 0 Å². The minimum atomic E-state index is -1.57. The molecule has 0 radical (unpaired) electrons. The molecule has 8 rings (SSSR count). The molecule has 1 amide bonds. The molecule has 5 fully saturated rings. The van der Waals surface area contributed by atoms with Gasteiger partial charge in [0.15, 0.2) is 36.3 Å². The van der Waals surface area contributed by atoms with Gasteiger partial charge in [-0.05, 0) is 121 Å². The first kappa shape index (κ1) is 60.5. The van der Waals surface area contributed by atoms with E-state index in [1.807, 2.05) is 71.6 Å². The van der Waals surface area contributed by atoms with Crippen LogP contribution < -0.4 is 0 Å². The molecular formula is C63H83NO15S. The summed E-state index contributed by atoms with van der Waals surface area (Å²) in [7, 11) is 2.41. The standard InChI is InChI=1S/C63H83NO15S/c1-37(65)75-50-51(76-38(2)66)53(77-39(3)67)56(78-52(50)55(71)74-12)80-34-33-64(47(69)23-24-48(70)73-11)46-26-27-61(8)45(58(46,4)5)25-28-63(10)54(61)44(68)35-42-43-36-60(7,30-29-59(43,6)31-32-62(42,63)9)57(72)79-49(40-19-15-13-16-20-40)41-21-17-14-18-22-41/h13-22,35,43,45-46,49-54,56H,23-34,36H2,1-12H3/t43-,45-,46-,50-,51-,52-,53+,54+,56-,59+,60-,61-,62+,63+/m0/s1. The summed E-state index contributed by atoms with van der Waals surface area (Å²) in [4.78, 5) is 110. The lowest BCUT2D eigenvalue weighted by molar-refractivity contribution is -0.235. The van der Waals surface area contributed by atoms with Crippen molar-refractivity contribution in [2.24, 2.45) is 50.2 Å². The third-order valence-corrected chi connectivity index (χ3v) is 21.5. The topological polar surface area (TPSA) is 204 Å². The fraction of sp³-hybridized carbons (Fsp3) is 0.651. The summed E-state index contributed by atoms with van der Waals surface area (Å²) in [6.45, 7) is 19.4. The summed E-state index contributed by atoms with van der Waals surface area (Å²) in [6.07, 6.45) is 2.14. The molecule has 2 aromatic rings. The third-order valence-electron chi connectivity index (χ3n) is 20.4. The van der Waals surface area contributed by atoms with Crippen LogP contribution in [-0.2, 0) is 71.5 Å². The Bertz CT molecular complexity index is 2690. The van der Waals surface area contributed by atoms with E-state index in [2.05, 4.69) is 48.5 Å². The summed E-state index contributed by atoms with van der Waals surface area (Å²) in [6, 6.07) is 19.4. The lowest BCUT2D eigenvalue weighted by Gasteiger charge is -2.71. The molecule has 14 atom stereocenters. The van der Waals surface area contributed by atoms with Crippen LogP contribution in [0.1, 0.15) is 157 Å². The van der Waals surface area contributed by atoms with E-state index in [1.165, 1.54) is 12.7 Å². The number of ketones is 1. The molecule has 0 bridgehead atoms. The molecule has 1 saturated heterocycles. The summed E-state index contributed by atoms with van der Waals surface area (Å²) in [5, 5.41) is 0. The first-order valence-corrected chi connectivity index (χ1v) is 29.5. The van der Waals surface area contributed by atoms with Crippen LogP contribution >= 0.6 is 11.8 Å². The highest BCUT2D eigenvalue weighted by Gasteiger charge is 2.71. The van der Waals surface area contributed by atoms with Gasteiger partial charge in [-0.3, -0.25) is 33.6 Å². The number of fused-ring (bicyclic) bond motifs is 7. The Labute approximate surface area is 475 Å². The van der Waals surface area contributed by atoms with Crippen LogP contribution in [0.25, 0.3) is 0 Å². The van der Waals surface area contributed by atoms with Crippen molar-refractivity contribution in [1.82, 2.24) is 4.90 Å². The van der Waals surface area contributed by atoms with E-state index >= 15 is 4.79 Å². The molecule has 80 heavy (non-hydrogen) atoms. The van der Waals surface area contributed by atoms with Gasteiger partial charge in [0.2, 0.25) is 5.91 Å². The van der Waals surface area contributed by atoms with Crippen molar-refractivity contribution in [1.29, 1.82) is 0 Å². The van der Waals surface area contributed by atoms with Gasteiger partial charge in [0.25, 0.3) is 0 Å². The van der Waals surface area contributed by atoms with Crippen LogP contribution in [-0.4, -0.2) is 115 Å². The number of methoxy groups -OCH3 is 2. The Morgan fingerprint density at radius 1 is 0.700 bits per heavy atom. The van der Waals surface area contributed by atoms with Crippen LogP contribution in [0.4, 0.5) is 0 Å². The summed E-state index contributed by atoms with van der Waals surface area (Å²) < 4.78 is 39.5. The number of nitrogens with zero attached hydrogens (tertiary/aromatic N) is 1. The molecule has 1 aliphatic heterocycles. The van der Waals surface area contributed by atoms with Gasteiger partial charge in [-0.1, -0.05) is 108 Å². The van der Waals surface area contributed by atoms with Crippen molar-refractivity contribution in [3.8, 4) is 0 Å². The van der Waals surface area contributed by atoms with E-state index < -0.39 is 87.5 Å². The number of rotatable bonds is 16. The fourth-order valence-electron chi connectivity index (χ4n) is 16.1. The van der Waals surface area contributed by atoms with E-state index in [0.29, 0.717) is 25.7 Å². The third kappa shape index (κ3) is 11.2. The predicted molar refractivity (Wildman–Crippen MR) is 297 cm³/mol. The van der Waals surface area contributed by atoms with E-state index in [9.17, 15) is 33.6 Å². The highest BCUT2D eigenvalue weighted by atomic mass is 32.2. The number of allylic oxidation sites excluding steroid dienone is 2. The lowest BCUT2D eigenvalue weighted by atomic mass is 9.33. The van der Waals surface area contributed by atoms with Crippen molar-refractivity contribution in [3.05, 3.63) is 83.4 Å². The molecule has 17 heteroatoms. The van der Waals surface area contributed by atoms with Crippen LogP contribution in [0.15, 0.2) is 72.3 Å². The van der Waals surface area contributed by atoms with Gasteiger partial charge in [0.05, 0.1) is 26.1 Å². The van der Waals surface area contributed by atoms with E-state index in [1.54, 1.807) is 0 Å². The number of amides is 1. The summed E-state index contributed by atoms with van der Waals surface area (Å²) in [5.41, 5.74) is -0.788. The van der Waals surface area contributed by atoms with Crippen molar-refractivity contribution < 1.29 is 71.5 Å². The Kier molecular flexibility index (Phi) is 17.7. The van der Waals surface area contributed by atoms with Gasteiger partial charge in [-0.2, -0.15) is 0 Å². The molecule has 2 aromatic carbocycles. The zero-order chi connectivity index (χ0) is 58.3. The van der Waals surface area contributed by atoms with Gasteiger partial charge in [0.1, 0.15) is 5.44 Å². The SMILES string of the molecule is COC(=O)CCC(=O)N(CCS[C@@H]1O[C@H](C(=O)OC)[C@@H](OC(C)=O)[C@H](OC(C)=O)[C@H]1OC(C)=O)[C@H]1CC[C@]2(C)[C@H]3C(=O)C=C4[C@@H]5C[C@@](C)(C(=O)OC(c6ccccc6)c6ccccc6)CC[C@]5(C)CC[C@@]4(C)[C@]3(C)CC[C@H]2C1(C)C. The van der Waals surface area contributed by atoms with Gasteiger partial charge < -0.3 is 38.1 Å². The Balaban J connectivity index is 1.06. The van der Waals surface area contributed by atoms with E-state index in [4.69, 9.17) is 33.2 Å². The van der Waals surface area contributed by atoms with Gasteiger partial charge in [-0.15, -0.1) is 11.8 Å². The van der Waals surface area contributed by atoms with Crippen LogP contribution in [0, 0.1) is 50.2 Å². The zero-order valence-electron chi connectivity index (χ0n) is 48.8. The number of hydrogen-bond donors (Lipinski definition) is 0. The second kappa shape index (κ2) is 23.4. The monoisotopic (exact) mass is 1130 g/mol. The number of thioether (sulfide) groups is 1. The van der Waals surface area contributed by atoms with Crippen molar-refractivity contribution >= 4 is 59.3 Å². The average Bonchev–Trinajstić information content (AvgIpc) is 2.04. The lowest BCUT2D eigenvalue weighted by Crippen LogP contribution is -2.68. The van der Waals surface area contributed by atoms with Crippen molar-refractivity contribution in [2.45, 2.75) is 182 Å². The summed E-state index contributed by atoms with van der Waals surface area (Å²) in [5.74, 6) is -4.28. The van der Waals surface area contributed by atoms with Gasteiger partial charge >= 0.3 is 35.8 Å². The molecule has 0 unspecified atom stereocenters. The fourth-order valence-corrected chi connectivity index (χ4v) is 17.3. The van der Waals surface area contributed by atoms with Crippen LogP contribution in [0.2, 0.25) is 0 Å². The minimum Gasteiger partial charge on any atom is -0.469 e. The predicted octanol–water partition coefficient (Wildman–Crippen LogP) is 9.88. The largest absolute Gasteiger partial charge is 0.469 e. The minimum absolute atomic E-state index is 0.000181. The Hall–Kier alpha value is -5.55. The first-order valence-electron chi connectivity index (χ1n) is 28.5. The number of benzene rings is 2. The number of hydrogen-bond acceptors (Lipinski definition) is 16. The van der Waals surface area contributed by atoms with E-state index in [-0.39, 0.29) is 77.4 Å². The van der Waals surface area contributed by atoms with Crippen molar-refractivity contribution in [2.75, 3.05) is 26.5 Å². The molecule has 0 spiro atoms.